The van der Waals surface area contributed by atoms with Crippen LogP contribution in [0.4, 0.5) is 8.78 Å². The Morgan fingerprint density at radius 3 is 2.54 bits per heavy atom. The van der Waals surface area contributed by atoms with E-state index in [1.54, 1.807) is 0 Å². The van der Waals surface area contributed by atoms with E-state index in [9.17, 15) is 17.2 Å². The van der Waals surface area contributed by atoms with Crippen molar-refractivity contribution in [3.8, 4) is 0 Å². The molecule has 0 amide bonds. The average molecular weight is 215 g/mol. The molecule has 1 N–H and O–H groups in total. The predicted molar refractivity (Wildman–Crippen MR) is 41.7 cm³/mol. The van der Waals surface area contributed by atoms with Gasteiger partial charge in [-0.05, 0) is 12.8 Å². The lowest BCUT2D eigenvalue weighted by Crippen LogP contribution is -2.44. The second-order valence-electron chi connectivity index (χ2n) is 2.96. The van der Waals surface area contributed by atoms with E-state index in [1.165, 1.54) is 0 Å². The Morgan fingerprint density at radius 2 is 2.08 bits per heavy atom. The summed E-state index contributed by atoms with van der Waals surface area (Å²) in [5.41, 5.74) is 0. The number of aliphatic hydroxyl groups is 1. The van der Waals surface area contributed by atoms with Crippen LogP contribution in [0.2, 0.25) is 0 Å². The van der Waals surface area contributed by atoms with Crippen LogP contribution in [-0.4, -0.2) is 42.8 Å². The van der Waals surface area contributed by atoms with E-state index in [2.05, 4.69) is 0 Å². The van der Waals surface area contributed by atoms with E-state index >= 15 is 0 Å². The Hall–Kier alpha value is -0.270. The Bertz CT molecular complexity index is 267. The standard InChI is InChI=1S/C6H11F2NO3S/c7-6(8)13(11,12)9-3-1-2-5(10)4-9/h5-6,10H,1-4H2. The minimum atomic E-state index is -4.49. The summed E-state index contributed by atoms with van der Waals surface area (Å²) in [4.78, 5) is 0. The van der Waals surface area contributed by atoms with Crippen molar-refractivity contribution in [1.82, 2.24) is 4.31 Å². The summed E-state index contributed by atoms with van der Waals surface area (Å²) >= 11 is 0. The highest BCUT2D eigenvalue weighted by atomic mass is 32.2. The minimum absolute atomic E-state index is 0.0731. The van der Waals surface area contributed by atoms with Crippen molar-refractivity contribution >= 4 is 10.0 Å². The summed E-state index contributed by atoms with van der Waals surface area (Å²) in [5, 5.41) is 9.07. The number of sulfonamides is 1. The molecule has 1 rings (SSSR count). The van der Waals surface area contributed by atoms with Gasteiger partial charge in [-0.3, -0.25) is 0 Å². The summed E-state index contributed by atoms with van der Waals surface area (Å²) in [6, 6.07) is 0. The fraction of sp³-hybridized carbons (Fsp3) is 1.00. The van der Waals surface area contributed by atoms with Crippen LogP contribution >= 0.6 is 0 Å². The zero-order chi connectivity index (χ0) is 10.1. The van der Waals surface area contributed by atoms with Crippen molar-refractivity contribution < 1.29 is 22.3 Å². The van der Waals surface area contributed by atoms with E-state index in [-0.39, 0.29) is 13.1 Å². The molecule has 4 nitrogen and oxygen atoms in total. The minimum Gasteiger partial charge on any atom is -0.392 e. The molecule has 13 heavy (non-hydrogen) atoms. The summed E-state index contributed by atoms with van der Waals surface area (Å²) < 4.78 is 46.5. The Morgan fingerprint density at radius 1 is 1.46 bits per heavy atom. The van der Waals surface area contributed by atoms with E-state index < -0.39 is 21.9 Å². The van der Waals surface area contributed by atoms with Crippen LogP contribution < -0.4 is 0 Å². The van der Waals surface area contributed by atoms with Crippen LogP contribution in [0.3, 0.4) is 0 Å². The van der Waals surface area contributed by atoms with Crippen LogP contribution in [0.25, 0.3) is 0 Å². The van der Waals surface area contributed by atoms with Gasteiger partial charge in [0, 0.05) is 13.1 Å². The molecular weight excluding hydrogens is 204 g/mol. The molecule has 0 spiro atoms. The van der Waals surface area contributed by atoms with Crippen molar-refractivity contribution in [1.29, 1.82) is 0 Å². The third-order valence-corrected chi connectivity index (χ3v) is 3.45. The molecule has 0 saturated carbocycles. The first kappa shape index (κ1) is 10.8. The summed E-state index contributed by atoms with van der Waals surface area (Å²) in [7, 11) is -4.49. The van der Waals surface area contributed by atoms with Crippen molar-refractivity contribution in [2.75, 3.05) is 13.1 Å². The Kier molecular flexibility index (Phi) is 3.20. The van der Waals surface area contributed by atoms with Crippen LogP contribution in [-0.2, 0) is 10.0 Å². The van der Waals surface area contributed by atoms with Crippen LogP contribution in [0.5, 0.6) is 0 Å². The molecule has 1 atom stereocenters. The van der Waals surface area contributed by atoms with Gasteiger partial charge in [0.1, 0.15) is 0 Å². The Labute approximate surface area is 75.2 Å². The van der Waals surface area contributed by atoms with Gasteiger partial charge in [-0.15, -0.1) is 0 Å². The fourth-order valence-corrected chi connectivity index (χ4v) is 2.25. The van der Waals surface area contributed by atoms with Gasteiger partial charge in [0.2, 0.25) is 0 Å². The lowest BCUT2D eigenvalue weighted by molar-refractivity contribution is 0.103. The van der Waals surface area contributed by atoms with E-state index in [0.717, 1.165) is 0 Å². The number of hydrogen-bond acceptors (Lipinski definition) is 3. The second kappa shape index (κ2) is 3.85. The van der Waals surface area contributed by atoms with Crippen molar-refractivity contribution in [2.24, 2.45) is 0 Å². The largest absolute Gasteiger partial charge is 0.392 e. The number of nitrogens with zero attached hydrogens (tertiary/aromatic N) is 1. The maximum absolute atomic E-state index is 12.0. The number of aliphatic hydroxyl groups excluding tert-OH is 1. The van der Waals surface area contributed by atoms with Crippen LogP contribution in [0.1, 0.15) is 12.8 Å². The van der Waals surface area contributed by atoms with Gasteiger partial charge in [0.15, 0.2) is 0 Å². The van der Waals surface area contributed by atoms with Crippen molar-refractivity contribution in [3.63, 3.8) is 0 Å². The summed E-state index contributed by atoms with van der Waals surface area (Å²) in [6.45, 7) is -0.142. The highest BCUT2D eigenvalue weighted by molar-refractivity contribution is 7.89. The van der Waals surface area contributed by atoms with Gasteiger partial charge < -0.3 is 5.11 Å². The first-order valence-electron chi connectivity index (χ1n) is 3.90. The quantitative estimate of drug-likeness (QED) is 0.705. The third kappa shape index (κ3) is 2.35. The molecule has 1 saturated heterocycles. The second-order valence-corrected chi connectivity index (χ2v) is 4.86. The summed E-state index contributed by atoms with van der Waals surface area (Å²) in [6.07, 6.45) is 0.0739. The maximum Gasteiger partial charge on any atom is 0.350 e. The first-order valence-corrected chi connectivity index (χ1v) is 5.40. The zero-order valence-corrected chi connectivity index (χ0v) is 7.67. The molecule has 1 aliphatic rings. The molecule has 78 valence electrons. The van der Waals surface area contributed by atoms with Gasteiger partial charge >= 0.3 is 5.76 Å². The van der Waals surface area contributed by atoms with Crippen LogP contribution in [0.15, 0.2) is 0 Å². The third-order valence-electron chi connectivity index (χ3n) is 1.94. The van der Waals surface area contributed by atoms with Gasteiger partial charge in [0.05, 0.1) is 6.10 Å². The van der Waals surface area contributed by atoms with E-state index in [1.807, 2.05) is 0 Å². The SMILES string of the molecule is O=S(=O)(C(F)F)N1CCCC(O)C1. The van der Waals surface area contributed by atoms with Gasteiger partial charge in [-0.2, -0.15) is 13.1 Å². The normalized spacial score (nSPS) is 26.6. The highest BCUT2D eigenvalue weighted by Crippen LogP contribution is 2.18. The van der Waals surface area contributed by atoms with Gasteiger partial charge in [-0.1, -0.05) is 0 Å². The average Bonchev–Trinajstić information content (AvgIpc) is 2.04. The monoisotopic (exact) mass is 215 g/mol. The van der Waals surface area contributed by atoms with E-state index in [0.29, 0.717) is 17.1 Å². The smallest absolute Gasteiger partial charge is 0.350 e. The molecule has 1 aliphatic heterocycles. The van der Waals surface area contributed by atoms with Gasteiger partial charge in [0.25, 0.3) is 10.0 Å². The molecule has 0 aromatic heterocycles. The fourth-order valence-electron chi connectivity index (χ4n) is 1.26. The molecule has 0 aliphatic carbocycles. The molecule has 1 heterocycles. The van der Waals surface area contributed by atoms with Crippen molar-refractivity contribution in [2.45, 2.75) is 24.7 Å². The zero-order valence-electron chi connectivity index (χ0n) is 6.86. The highest BCUT2D eigenvalue weighted by Gasteiger charge is 2.34. The number of rotatable bonds is 2. The topological polar surface area (TPSA) is 57.6 Å². The first-order chi connectivity index (χ1) is 5.94. The number of β-amino-alcohol motifs (C(OH)–C–C–N with tert-alkyl or cyclic N) is 1. The van der Waals surface area contributed by atoms with Gasteiger partial charge in [-0.25, -0.2) is 8.42 Å². The van der Waals surface area contributed by atoms with Crippen LogP contribution in [0, 0.1) is 0 Å². The molecule has 0 radical (unpaired) electrons. The number of hydrogen-bond donors (Lipinski definition) is 1. The Balaban J connectivity index is 2.71. The number of piperidine rings is 1. The molecule has 0 aromatic rings. The van der Waals surface area contributed by atoms with E-state index in [4.69, 9.17) is 5.11 Å². The number of alkyl halides is 2. The molecule has 7 heteroatoms. The maximum atomic E-state index is 12.0. The lowest BCUT2D eigenvalue weighted by atomic mass is 10.1. The summed E-state index contributed by atoms with van der Waals surface area (Å²) in [5.74, 6) is -3.39. The molecule has 0 bridgehead atoms. The predicted octanol–water partition coefficient (Wildman–Crippen LogP) is -0.00450. The molecule has 1 unspecified atom stereocenters. The molecule has 1 fully saturated rings. The van der Waals surface area contributed by atoms with Crippen molar-refractivity contribution in [3.05, 3.63) is 0 Å². The number of halogens is 2. The molecular formula is C6H11F2NO3S. The lowest BCUT2D eigenvalue weighted by Gasteiger charge is -2.28. The molecule has 0 aromatic carbocycles.